The fourth-order valence-corrected chi connectivity index (χ4v) is 9.73. The van der Waals surface area contributed by atoms with E-state index in [-0.39, 0.29) is 57.6 Å². The molecule has 0 spiro atoms. The number of nitrogens with zero attached hydrogens (tertiary/aromatic N) is 3. The van der Waals surface area contributed by atoms with Crippen LogP contribution in [0, 0.1) is 17.8 Å². The first-order valence-corrected chi connectivity index (χ1v) is 21.5. The van der Waals surface area contributed by atoms with E-state index in [1.165, 1.54) is 19.1 Å². The van der Waals surface area contributed by atoms with E-state index in [1.807, 2.05) is 0 Å². The SMILES string of the molecule is C[C@H]1CC/C=C\[C@@H]2C[C@@]2(C(=O)NS(=O)(=O)C2CC2)NC(=O)[C@@H]2C[C@@H](Oc3nc(OCC(F)F)cc4c(Cl)cccc34)CN2C(=O)[C@@H](N(C(=O)O)C(C)(C)C(F)(F)F)[C@H](C)C1. The summed E-state index contributed by atoms with van der Waals surface area (Å²) in [6, 6.07) is 2.34. The number of amides is 4. The molecule has 0 bridgehead atoms. The third kappa shape index (κ3) is 9.23. The van der Waals surface area contributed by atoms with Crippen LogP contribution in [0.1, 0.15) is 72.6 Å². The van der Waals surface area contributed by atoms with E-state index in [4.69, 9.17) is 21.1 Å². The molecular formula is C39H47ClF5N5O9S. The Morgan fingerprint density at radius 3 is 2.47 bits per heavy atom. The van der Waals surface area contributed by atoms with Gasteiger partial charge in [0.25, 0.3) is 12.3 Å². The average Bonchev–Trinajstić information content (AvgIpc) is 4.07. The lowest BCUT2D eigenvalue weighted by atomic mass is 9.85. The Bertz CT molecular complexity index is 2160. The molecule has 7 atom stereocenters. The van der Waals surface area contributed by atoms with Gasteiger partial charge >= 0.3 is 12.3 Å². The Balaban J connectivity index is 1.44. The quantitative estimate of drug-likeness (QED) is 0.187. The van der Waals surface area contributed by atoms with Crippen LogP contribution in [0.4, 0.5) is 26.7 Å². The Hall–Kier alpha value is -4.46. The first kappa shape index (κ1) is 45.1. The molecular weight excluding hydrogens is 845 g/mol. The zero-order valence-electron chi connectivity index (χ0n) is 33.2. The van der Waals surface area contributed by atoms with E-state index in [1.54, 1.807) is 31.2 Å². The van der Waals surface area contributed by atoms with Crippen LogP contribution in [-0.2, 0) is 24.4 Å². The molecule has 1 aromatic carbocycles. The Morgan fingerprint density at radius 2 is 1.83 bits per heavy atom. The maximum Gasteiger partial charge on any atom is 0.411 e. The molecule has 1 saturated heterocycles. The maximum atomic E-state index is 15.0. The highest BCUT2D eigenvalue weighted by Gasteiger charge is 2.63. The molecule has 4 aliphatic rings. The standard InChI is InChI=1S/C39H47ClF5N5O9S/c1-20-8-5-6-9-22-17-38(22,35(53)48-60(56,57)24-12-13-24)47-32(51)28-15-23(59-33-25-10-7-11-27(40)26(25)16-30(46-33)58-19-29(41)42)18-49(28)34(52)31(21(2)14-20)50(36(54)55)37(3,4)39(43,44)45/h6-7,9-11,16,20-24,28-29,31H,5,8,12-15,17-19H2,1-4H3,(H,47,51)(H,48,53)(H,54,55)/b9-6-/t20-,21+,22+,23+,28-,31-,38+/m0/s1. The zero-order chi connectivity index (χ0) is 44.1. The van der Waals surface area contributed by atoms with Crippen molar-refractivity contribution < 1.29 is 64.1 Å². The highest BCUT2D eigenvalue weighted by Crippen LogP contribution is 2.47. The molecule has 0 radical (unpaired) electrons. The van der Waals surface area contributed by atoms with Gasteiger partial charge in [-0.1, -0.05) is 43.7 Å². The highest BCUT2D eigenvalue weighted by atomic mass is 35.5. The number of alkyl halides is 5. The number of sulfonamides is 1. The van der Waals surface area contributed by atoms with Crippen molar-refractivity contribution in [2.75, 3.05) is 13.2 Å². The first-order chi connectivity index (χ1) is 28.0. The van der Waals surface area contributed by atoms with Crippen LogP contribution in [0.15, 0.2) is 36.4 Å². The van der Waals surface area contributed by atoms with Crippen molar-refractivity contribution in [3.05, 3.63) is 41.4 Å². The molecule has 6 rings (SSSR count). The van der Waals surface area contributed by atoms with Crippen LogP contribution < -0.4 is 19.5 Å². The minimum Gasteiger partial charge on any atom is -0.472 e. The van der Waals surface area contributed by atoms with Crippen LogP contribution in [-0.4, -0.2) is 112 Å². The number of aromatic nitrogens is 1. The number of fused-ring (bicyclic) bond motifs is 3. The van der Waals surface area contributed by atoms with Gasteiger partial charge < -0.3 is 24.8 Å². The lowest BCUT2D eigenvalue weighted by Crippen LogP contribution is -2.66. The number of nitrogens with one attached hydrogen (secondary N) is 2. The number of carbonyl (C=O) groups is 4. The number of hydrogen-bond acceptors (Lipinski definition) is 9. The lowest BCUT2D eigenvalue weighted by Gasteiger charge is -2.45. The van der Waals surface area contributed by atoms with Gasteiger partial charge in [0, 0.05) is 34.2 Å². The maximum absolute atomic E-state index is 15.0. The van der Waals surface area contributed by atoms with Gasteiger partial charge in [0.1, 0.15) is 29.3 Å². The van der Waals surface area contributed by atoms with Crippen molar-refractivity contribution in [2.24, 2.45) is 17.8 Å². The van der Waals surface area contributed by atoms with Crippen molar-refractivity contribution >= 4 is 56.2 Å². The van der Waals surface area contributed by atoms with Gasteiger partial charge in [0.2, 0.25) is 33.6 Å². The normalized spacial score (nSPS) is 28.5. The van der Waals surface area contributed by atoms with E-state index < -0.39 is 106 Å². The third-order valence-corrected chi connectivity index (χ3v) is 13.9. The highest BCUT2D eigenvalue weighted by molar-refractivity contribution is 7.91. The Labute approximate surface area is 348 Å². The van der Waals surface area contributed by atoms with E-state index in [0.29, 0.717) is 39.5 Å². The number of hydrogen-bond donors (Lipinski definition) is 3. The number of rotatable bonds is 10. The number of benzene rings is 1. The van der Waals surface area contributed by atoms with Gasteiger partial charge in [-0.25, -0.2) is 22.0 Å². The van der Waals surface area contributed by atoms with Gasteiger partial charge in [-0.2, -0.15) is 18.2 Å². The minimum atomic E-state index is -5.15. The molecule has 1 aromatic heterocycles. The van der Waals surface area contributed by atoms with E-state index in [2.05, 4.69) is 15.0 Å². The largest absolute Gasteiger partial charge is 0.472 e. The van der Waals surface area contributed by atoms with Crippen LogP contribution in [0.2, 0.25) is 5.02 Å². The third-order valence-electron chi connectivity index (χ3n) is 11.8. The molecule has 4 amide bonds. The van der Waals surface area contributed by atoms with Gasteiger partial charge in [-0.3, -0.25) is 24.0 Å². The molecule has 0 unspecified atom stereocenters. The first-order valence-electron chi connectivity index (χ1n) is 19.6. The number of pyridine rings is 1. The molecule has 2 saturated carbocycles. The van der Waals surface area contributed by atoms with Gasteiger partial charge in [0.05, 0.1) is 11.8 Å². The molecule has 2 aromatic rings. The summed E-state index contributed by atoms with van der Waals surface area (Å²) in [6.45, 7) is 3.00. The number of carbonyl (C=O) groups excluding carboxylic acids is 3. The van der Waals surface area contributed by atoms with E-state index in [9.17, 15) is 49.9 Å². The average molecular weight is 892 g/mol. The molecule has 330 valence electrons. The lowest BCUT2D eigenvalue weighted by molar-refractivity contribution is -0.222. The Kier molecular flexibility index (Phi) is 12.6. The summed E-state index contributed by atoms with van der Waals surface area (Å²) in [5.41, 5.74) is -4.88. The van der Waals surface area contributed by atoms with Gasteiger partial charge in [-0.05, 0) is 76.3 Å². The predicted molar refractivity (Wildman–Crippen MR) is 207 cm³/mol. The van der Waals surface area contributed by atoms with Crippen LogP contribution in [0.3, 0.4) is 0 Å². The fourth-order valence-electron chi connectivity index (χ4n) is 8.14. The van der Waals surface area contributed by atoms with Crippen LogP contribution in [0.25, 0.3) is 10.8 Å². The second kappa shape index (κ2) is 16.8. The van der Waals surface area contributed by atoms with Crippen molar-refractivity contribution in [1.29, 1.82) is 0 Å². The number of ether oxygens (including phenoxy) is 2. The fraction of sp³-hybridized carbons (Fsp3) is 0.615. The molecule has 60 heavy (non-hydrogen) atoms. The second-order valence-corrected chi connectivity index (χ2v) is 19.1. The summed E-state index contributed by atoms with van der Waals surface area (Å²) in [5, 5.41) is 13.1. The smallest absolute Gasteiger partial charge is 0.411 e. The summed E-state index contributed by atoms with van der Waals surface area (Å²) < 4.78 is 110. The summed E-state index contributed by atoms with van der Waals surface area (Å²) in [7, 11) is -4.08. The second-order valence-electron chi connectivity index (χ2n) is 16.7. The van der Waals surface area contributed by atoms with Crippen LogP contribution in [0.5, 0.6) is 11.8 Å². The topological polar surface area (TPSA) is 185 Å². The molecule has 2 aliphatic carbocycles. The summed E-state index contributed by atoms with van der Waals surface area (Å²) in [6.07, 6.45) is -6.52. The van der Waals surface area contributed by atoms with Crippen molar-refractivity contribution in [1.82, 2.24) is 24.8 Å². The number of allylic oxidation sites excluding steroid dienone is 1. The zero-order valence-corrected chi connectivity index (χ0v) is 34.8. The Morgan fingerprint density at radius 1 is 1.13 bits per heavy atom. The van der Waals surface area contributed by atoms with Crippen molar-refractivity contribution in [3.8, 4) is 11.8 Å². The molecule has 14 nitrogen and oxygen atoms in total. The molecule has 21 heteroatoms. The van der Waals surface area contributed by atoms with Gasteiger partial charge in [-0.15, -0.1) is 0 Å². The van der Waals surface area contributed by atoms with E-state index in [0.717, 1.165) is 4.90 Å². The van der Waals surface area contributed by atoms with Gasteiger partial charge in [0.15, 0.2) is 6.61 Å². The molecule has 2 aliphatic heterocycles. The molecule has 3 fully saturated rings. The molecule has 3 N–H and O–H groups in total. The monoisotopic (exact) mass is 891 g/mol. The number of carboxylic acid groups (broad SMARTS) is 1. The van der Waals surface area contributed by atoms with Crippen LogP contribution >= 0.6 is 11.6 Å². The van der Waals surface area contributed by atoms with Crippen molar-refractivity contribution in [3.63, 3.8) is 0 Å². The van der Waals surface area contributed by atoms with E-state index >= 15 is 4.79 Å². The summed E-state index contributed by atoms with van der Waals surface area (Å²) in [5.74, 6) is -5.58. The minimum absolute atomic E-state index is 0.00822. The number of halogens is 6. The summed E-state index contributed by atoms with van der Waals surface area (Å²) >= 11 is 6.43. The molecule has 3 heterocycles. The predicted octanol–water partition coefficient (Wildman–Crippen LogP) is 6.07. The summed E-state index contributed by atoms with van der Waals surface area (Å²) in [4.78, 5) is 61.5. The van der Waals surface area contributed by atoms with Crippen molar-refractivity contribution in [2.45, 2.75) is 120 Å².